The molecule has 1 saturated heterocycles. The van der Waals surface area contributed by atoms with E-state index in [1.807, 2.05) is 6.92 Å². The van der Waals surface area contributed by atoms with Crippen LogP contribution in [0, 0.1) is 0 Å². The number of carbonyl (C=O) groups is 2. The number of ketones is 1. The van der Waals surface area contributed by atoms with Gasteiger partial charge in [-0.2, -0.15) is 0 Å². The number of esters is 1. The smallest absolute Gasteiger partial charge is 0.309 e. The molecule has 1 fully saturated rings. The van der Waals surface area contributed by atoms with Crippen molar-refractivity contribution in [1.82, 2.24) is 4.90 Å². The molecule has 0 amide bonds. The third-order valence-corrected chi connectivity index (χ3v) is 6.42. The van der Waals surface area contributed by atoms with E-state index in [1.54, 1.807) is 36.4 Å². The van der Waals surface area contributed by atoms with Gasteiger partial charge in [-0.3, -0.25) is 14.5 Å². The molecule has 0 unspecified atom stereocenters. The van der Waals surface area contributed by atoms with Crippen LogP contribution in [0.5, 0.6) is 23.0 Å². The third-order valence-electron chi connectivity index (χ3n) is 6.42. The molecule has 40 heavy (non-hydrogen) atoms. The number of hydrogen-bond donors (Lipinski definition) is 0. The van der Waals surface area contributed by atoms with E-state index in [1.165, 1.54) is 14.2 Å². The van der Waals surface area contributed by atoms with Crippen LogP contribution in [0.3, 0.4) is 0 Å². The van der Waals surface area contributed by atoms with Gasteiger partial charge in [-0.1, -0.05) is 50.4 Å². The SMILES string of the molecule is C=CCOc1c(OCCN2CCOCC2)c(OC)c(CC)c(C(=O)c2cccc(CC(=O)OC)c2)c1OCC=C. The second-order valence-corrected chi connectivity index (χ2v) is 9.01. The second kappa shape index (κ2) is 15.7. The van der Waals surface area contributed by atoms with E-state index in [-0.39, 0.29) is 36.9 Å². The minimum Gasteiger partial charge on any atom is -0.492 e. The Morgan fingerprint density at radius 3 is 2.27 bits per heavy atom. The normalized spacial score (nSPS) is 13.3. The Morgan fingerprint density at radius 2 is 1.65 bits per heavy atom. The molecule has 1 heterocycles. The highest BCUT2D eigenvalue weighted by atomic mass is 16.6. The van der Waals surface area contributed by atoms with Gasteiger partial charge in [0.2, 0.25) is 11.5 Å². The Morgan fingerprint density at radius 1 is 0.975 bits per heavy atom. The first kappa shape index (κ1) is 30.7. The highest BCUT2D eigenvalue weighted by molar-refractivity contribution is 6.13. The lowest BCUT2D eigenvalue weighted by molar-refractivity contribution is -0.139. The van der Waals surface area contributed by atoms with Crippen molar-refractivity contribution >= 4 is 11.8 Å². The van der Waals surface area contributed by atoms with Crippen molar-refractivity contribution in [3.05, 3.63) is 71.8 Å². The van der Waals surface area contributed by atoms with Crippen LogP contribution < -0.4 is 18.9 Å². The summed E-state index contributed by atoms with van der Waals surface area (Å²) >= 11 is 0. The number of nitrogens with zero attached hydrogens (tertiary/aromatic N) is 1. The monoisotopic (exact) mass is 553 g/mol. The van der Waals surface area contributed by atoms with Gasteiger partial charge < -0.3 is 28.4 Å². The van der Waals surface area contributed by atoms with Crippen molar-refractivity contribution in [3.63, 3.8) is 0 Å². The van der Waals surface area contributed by atoms with Crippen LogP contribution in [0.4, 0.5) is 0 Å². The van der Waals surface area contributed by atoms with Crippen LogP contribution in [-0.2, 0) is 27.1 Å². The lowest BCUT2D eigenvalue weighted by Crippen LogP contribution is -2.38. The molecule has 1 aliphatic heterocycles. The Bertz CT molecular complexity index is 1190. The molecule has 1 aliphatic rings. The van der Waals surface area contributed by atoms with Crippen molar-refractivity contribution in [3.8, 4) is 23.0 Å². The molecule has 0 aromatic heterocycles. The quantitative estimate of drug-likeness (QED) is 0.173. The van der Waals surface area contributed by atoms with Gasteiger partial charge in [-0.15, -0.1) is 0 Å². The zero-order chi connectivity index (χ0) is 28.9. The number of hydrogen-bond acceptors (Lipinski definition) is 9. The first-order valence-electron chi connectivity index (χ1n) is 13.4. The second-order valence-electron chi connectivity index (χ2n) is 9.01. The zero-order valence-corrected chi connectivity index (χ0v) is 23.7. The summed E-state index contributed by atoms with van der Waals surface area (Å²) in [6.45, 7) is 13.8. The average molecular weight is 554 g/mol. The topological polar surface area (TPSA) is 92.8 Å². The number of rotatable bonds is 16. The predicted molar refractivity (Wildman–Crippen MR) is 152 cm³/mol. The summed E-state index contributed by atoms with van der Waals surface area (Å²) in [6, 6.07) is 6.88. The highest BCUT2D eigenvalue weighted by Crippen LogP contribution is 2.51. The fourth-order valence-corrected chi connectivity index (χ4v) is 4.49. The predicted octanol–water partition coefficient (Wildman–Crippen LogP) is 4.04. The van der Waals surface area contributed by atoms with Gasteiger partial charge in [-0.05, 0) is 18.1 Å². The van der Waals surface area contributed by atoms with Crippen molar-refractivity contribution < 1.29 is 38.0 Å². The first-order valence-corrected chi connectivity index (χ1v) is 13.4. The lowest BCUT2D eigenvalue weighted by atomic mass is 9.93. The molecule has 2 aromatic carbocycles. The number of ether oxygens (including phenoxy) is 6. The summed E-state index contributed by atoms with van der Waals surface area (Å²) in [5.74, 6) is 0.572. The Balaban J connectivity index is 2.13. The van der Waals surface area contributed by atoms with Gasteiger partial charge in [-0.25, -0.2) is 0 Å². The van der Waals surface area contributed by atoms with Gasteiger partial charge in [0, 0.05) is 30.8 Å². The number of morpholine rings is 1. The maximum absolute atomic E-state index is 14.1. The van der Waals surface area contributed by atoms with Crippen molar-refractivity contribution in [2.45, 2.75) is 19.8 Å². The van der Waals surface area contributed by atoms with Crippen LogP contribution >= 0.6 is 0 Å². The highest BCUT2D eigenvalue weighted by Gasteiger charge is 2.32. The molecule has 3 rings (SSSR count). The van der Waals surface area contributed by atoms with Crippen LogP contribution in [0.25, 0.3) is 0 Å². The average Bonchev–Trinajstić information content (AvgIpc) is 2.98. The van der Waals surface area contributed by atoms with Gasteiger partial charge in [0.1, 0.15) is 19.8 Å². The van der Waals surface area contributed by atoms with E-state index in [4.69, 9.17) is 28.4 Å². The summed E-state index contributed by atoms with van der Waals surface area (Å²) in [7, 11) is 2.87. The van der Waals surface area contributed by atoms with Crippen LogP contribution in [0.1, 0.15) is 34.0 Å². The van der Waals surface area contributed by atoms with E-state index in [0.717, 1.165) is 13.1 Å². The maximum atomic E-state index is 14.1. The molecule has 0 N–H and O–H groups in total. The Hall–Kier alpha value is -3.82. The molecule has 0 atom stereocenters. The molecular weight excluding hydrogens is 514 g/mol. The molecule has 0 radical (unpaired) electrons. The molecule has 9 heteroatoms. The summed E-state index contributed by atoms with van der Waals surface area (Å²) < 4.78 is 34.6. The number of benzene rings is 2. The Labute approximate surface area is 236 Å². The molecule has 0 bridgehead atoms. The Kier molecular flexibility index (Phi) is 12.0. The molecule has 216 valence electrons. The van der Waals surface area contributed by atoms with E-state index >= 15 is 0 Å². The van der Waals surface area contributed by atoms with Gasteiger partial charge >= 0.3 is 5.97 Å². The van der Waals surface area contributed by atoms with E-state index < -0.39 is 5.97 Å². The van der Waals surface area contributed by atoms with Gasteiger partial charge in [0.05, 0.1) is 39.4 Å². The summed E-state index contributed by atoms with van der Waals surface area (Å²) in [4.78, 5) is 28.2. The van der Waals surface area contributed by atoms with Crippen molar-refractivity contribution in [1.29, 1.82) is 0 Å². The third kappa shape index (κ3) is 7.64. The fraction of sp³-hybridized carbons (Fsp3) is 0.419. The zero-order valence-electron chi connectivity index (χ0n) is 23.7. The minimum atomic E-state index is -0.394. The molecular formula is C31H39NO8. The number of methoxy groups -OCH3 is 2. The van der Waals surface area contributed by atoms with Crippen molar-refractivity contribution in [2.24, 2.45) is 0 Å². The van der Waals surface area contributed by atoms with Crippen LogP contribution in [0.15, 0.2) is 49.6 Å². The summed E-state index contributed by atoms with van der Waals surface area (Å²) in [5.41, 5.74) is 1.97. The molecule has 0 spiro atoms. The summed E-state index contributed by atoms with van der Waals surface area (Å²) in [6.07, 6.45) is 3.70. The van der Waals surface area contributed by atoms with Gasteiger partial charge in [0.15, 0.2) is 17.3 Å². The van der Waals surface area contributed by atoms with Crippen molar-refractivity contribution in [2.75, 3.05) is 66.9 Å². The van der Waals surface area contributed by atoms with E-state index in [0.29, 0.717) is 66.5 Å². The molecule has 0 saturated carbocycles. The van der Waals surface area contributed by atoms with Crippen LogP contribution in [0.2, 0.25) is 0 Å². The lowest BCUT2D eigenvalue weighted by Gasteiger charge is -2.27. The fourth-order valence-electron chi connectivity index (χ4n) is 4.49. The van der Waals surface area contributed by atoms with E-state index in [9.17, 15) is 9.59 Å². The van der Waals surface area contributed by atoms with E-state index in [2.05, 4.69) is 18.1 Å². The minimum absolute atomic E-state index is 0.0466. The molecule has 9 nitrogen and oxygen atoms in total. The first-order chi connectivity index (χ1) is 19.5. The summed E-state index contributed by atoms with van der Waals surface area (Å²) in [5, 5.41) is 0. The van der Waals surface area contributed by atoms with Gasteiger partial charge in [0.25, 0.3) is 0 Å². The maximum Gasteiger partial charge on any atom is 0.309 e. The molecule has 0 aliphatic carbocycles. The largest absolute Gasteiger partial charge is 0.492 e. The molecule has 2 aromatic rings. The number of carbonyl (C=O) groups excluding carboxylic acids is 2. The standard InChI is InChI=1S/C31H39NO8/c1-6-15-38-29-26(27(34)23-11-9-10-22(20-23)21-25(33)35-4)24(8-3)28(36-5)30(31(29)39-16-7-2)40-19-14-32-12-17-37-18-13-32/h6-7,9-11,20H,1-2,8,12-19,21H2,3-5H3. The van der Waals surface area contributed by atoms with Crippen LogP contribution in [-0.4, -0.2) is 83.5 Å².